The van der Waals surface area contributed by atoms with Gasteiger partial charge in [0.15, 0.2) is 0 Å². The summed E-state index contributed by atoms with van der Waals surface area (Å²) in [6.45, 7) is 3.80. The van der Waals surface area contributed by atoms with Crippen LogP contribution in [-0.2, 0) is 4.79 Å². The van der Waals surface area contributed by atoms with E-state index in [1.165, 1.54) is 24.3 Å². The maximum atomic E-state index is 11.8. The molecule has 2 unspecified atom stereocenters. The van der Waals surface area contributed by atoms with E-state index < -0.39 is 11.0 Å². The van der Waals surface area contributed by atoms with Crippen molar-refractivity contribution < 1.29 is 14.8 Å². The zero-order chi connectivity index (χ0) is 15.6. The minimum atomic E-state index is -0.477. The Kier molecular flexibility index (Phi) is 4.09. The molecule has 1 aliphatic rings. The topological polar surface area (TPSA) is 92.5 Å². The number of amides is 1. The average Bonchev–Trinajstić information content (AvgIpc) is 2.45. The van der Waals surface area contributed by atoms with Crippen molar-refractivity contribution in [1.82, 2.24) is 5.32 Å². The van der Waals surface area contributed by atoms with Gasteiger partial charge in [0.25, 0.3) is 5.69 Å². The first-order chi connectivity index (χ1) is 9.80. The van der Waals surface area contributed by atoms with Crippen LogP contribution in [0.2, 0.25) is 0 Å². The summed E-state index contributed by atoms with van der Waals surface area (Å²) in [6.07, 6.45) is 3.02. The standard InChI is InChI=1S/C15H18N2O4/c1-15(2)12(9-13(15)18)16-14(19)7-6-10-4-3-5-11(8-10)17(20)21/h3-8,12-13,18H,9H2,1-2H3,(H,16,19)/b7-6+. The predicted molar refractivity (Wildman–Crippen MR) is 78.5 cm³/mol. The summed E-state index contributed by atoms with van der Waals surface area (Å²) in [5, 5.41) is 23.1. The Labute approximate surface area is 122 Å². The predicted octanol–water partition coefficient (Wildman–Crippen LogP) is 1.88. The van der Waals surface area contributed by atoms with E-state index in [1.54, 1.807) is 12.1 Å². The molecule has 1 aromatic carbocycles. The van der Waals surface area contributed by atoms with Gasteiger partial charge in [-0.2, -0.15) is 0 Å². The van der Waals surface area contributed by atoms with Crippen LogP contribution < -0.4 is 5.32 Å². The van der Waals surface area contributed by atoms with Crippen molar-refractivity contribution in [2.24, 2.45) is 5.41 Å². The number of non-ortho nitro benzene ring substituents is 1. The van der Waals surface area contributed by atoms with Gasteiger partial charge in [-0.25, -0.2) is 0 Å². The smallest absolute Gasteiger partial charge is 0.270 e. The highest BCUT2D eigenvalue weighted by Gasteiger charge is 2.47. The van der Waals surface area contributed by atoms with Crippen LogP contribution in [0.1, 0.15) is 25.8 Å². The zero-order valence-corrected chi connectivity index (χ0v) is 11.9. The molecule has 2 atom stereocenters. The first-order valence-corrected chi connectivity index (χ1v) is 6.72. The highest BCUT2D eigenvalue weighted by atomic mass is 16.6. The third-order valence-corrected chi connectivity index (χ3v) is 4.04. The number of hydrogen-bond acceptors (Lipinski definition) is 4. The Morgan fingerprint density at radius 2 is 2.24 bits per heavy atom. The van der Waals surface area contributed by atoms with Crippen LogP contribution in [-0.4, -0.2) is 28.1 Å². The Balaban J connectivity index is 1.97. The number of carbonyl (C=O) groups is 1. The number of aliphatic hydroxyl groups excluding tert-OH is 1. The largest absolute Gasteiger partial charge is 0.392 e. The third kappa shape index (κ3) is 3.28. The quantitative estimate of drug-likeness (QED) is 0.503. The second-order valence-corrected chi connectivity index (χ2v) is 5.82. The zero-order valence-electron chi connectivity index (χ0n) is 11.9. The van der Waals surface area contributed by atoms with Gasteiger partial charge in [-0.1, -0.05) is 26.0 Å². The van der Waals surface area contributed by atoms with Crippen molar-refractivity contribution in [2.75, 3.05) is 0 Å². The lowest BCUT2D eigenvalue weighted by molar-refractivity contribution is -0.384. The van der Waals surface area contributed by atoms with Gasteiger partial charge in [-0.3, -0.25) is 14.9 Å². The van der Waals surface area contributed by atoms with E-state index in [1.807, 2.05) is 13.8 Å². The molecule has 0 bridgehead atoms. The van der Waals surface area contributed by atoms with E-state index in [2.05, 4.69) is 5.32 Å². The lowest BCUT2D eigenvalue weighted by Crippen LogP contribution is -2.60. The van der Waals surface area contributed by atoms with Gasteiger partial charge in [0.1, 0.15) is 0 Å². The molecule has 21 heavy (non-hydrogen) atoms. The van der Waals surface area contributed by atoms with Crippen LogP contribution in [0.25, 0.3) is 6.08 Å². The molecular weight excluding hydrogens is 272 g/mol. The van der Waals surface area contributed by atoms with E-state index in [9.17, 15) is 20.0 Å². The number of hydrogen-bond donors (Lipinski definition) is 2. The summed E-state index contributed by atoms with van der Waals surface area (Å²) >= 11 is 0. The van der Waals surface area contributed by atoms with Gasteiger partial charge in [0.2, 0.25) is 5.91 Å². The van der Waals surface area contributed by atoms with Crippen LogP contribution in [0.5, 0.6) is 0 Å². The number of rotatable bonds is 4. The van der Waals surface area contributed by atoms with Gasteiger partial charge in [0.05, 0.1) is 11.0 Å². The van der Waals surface area contributed by atoms with Crippen molar-refractivity contribution >= 4 is 17.7 Å². The van der Waals surface area contributed by atoms with Gasteiger partial charge < -0.3 is 10.4 Å². The highest BCUT2D eigenvalue weighted by Crippen LogP contribution is 2.40. The van der Waals surface area contributed by atoms with Crippen LogP contribution in [0.4, 0.5) is 5.69 Å². The minimum absolute atomic E-state index is 0.0131. The molecule has 1 aromatic rings. The molecular formula is C15H18N2O4. The number of nitrogens with one attached hydrogen (secondary N) is 1. The van der Waals surface area contributed by atoms with Gasteiger partial charge in [0, 0.05) is 29.7 Å². The average molecular weight is 290 g/mol. The molecule has 0 heterocycles. The molecule has 1 amide bonds. The molecule has 0 radical (unpaired) electrons. The summed E-state index contributed by atoms with van der Waals surface area (Å²) < 4.78 is 0. The Hall–Kier alpha value is -2.21. The summed E-state index contributed by atoms with van der Waals surface area (Å²) in [6, 6.07) is 6.00. The minimum Gasteiger partial charge on any atom is -0.392 e. The summed E-state index contributed by atoms with van der Waals surface area (Å²) in [7, 11) is 0. The fourth-order valence-electron chi connectivity index (χ4n) is 2.28. The SMILES string of the molecule is CC1(C)C(O)CC1NC(=O)/C=C/c1cccc([N+](=O)[O-])c1. The molecule has 0 saturated heterocycles. The van der Waals surface area contributed by atoms with Crippen LogP contribution >= 0.6 is 0 Å². The van der Waals surface area contributed by atoms with Crippen LogP contribution in [0.3, 0.4) is 0 Å². The first kappa shape index (κ1) is 15.2. The molecule has 6 heteroatoms. The molecule has 0 aliphatic heterocycles. The first-order valence-electron chi connectivity index (χ1n) is 6.72. The number of carbonyl (C=O) groups excluding carboxylic acids is 1. The van der Waals surface area contributed by atoms with E-state index in [0.29, 0.717) is 12.0 Å². The van der Waals surface area contributed by atoms with Gasteiger partial charge in [-0.05, 0) is 18.1 Å². The number of nitro groups is 1. The molecule has 1 fully saturated rings. The monoisotopic (exact) mass is 290 g/mol. The Bertz CT molecular complexity index is 595. The Morgan fingerprint density at radius 1 is 1.52 bits per heavy atom. The van der Waals surface area contributed by atoms with E-state index in [0.717, 1.165) is 0 Å². The van der Waals surface area contributed by atoms with Gasteiger partial charge >= 0.3 is 0 Å². The normalized spacial score (nSPS) is 23.6. The molecule has 112 valence electrons. The van der Waals surface area contributed by atoms with Crippen molar-refractivity contribution in [3.05, 3.63) is 46.0 Å². The Morgan fingerprint density at radius 3 is 2.81 bits per heavy atom. The van der Waals surface area contributed by atoms with Crippen molar-refractivity contribution in [2.45, 2.75) is 32.4 Å². The second kappa shape index (κ2) is 5.65. The summed E-state index contributed by atoms with van der Waals surface area (Å²) in [4.78, 5) is 22.0. The number of benzene rings is 1. The summed E-state index contributed by atoms with van der Waals surface area (Å²) in [5.74, 6) is -0.272. The molecule has 6 nitrogen and oxygen atoms in total. The van der Waals surface area contributed by atoms with Crippen molar-refractivity contribution in [1.29, 1.82) is 0 Å². The molecule has 0 spiro atoms. The molecule has 0 aromatic heterocycles. The van der Waals surface area contributed by atoms with E-state index >= 15 is 0 Å². The van der Waals surface area contributed by atoms with Crippen LogP contribution in [0.15, 0.2) is 30.3 Å². The number of nitro benzene ring substituents is 1. The van der Waals surface area contributed by atoms with Crippen LogP contribution in [0, 0.1) is 15.5 Å². The van der Waals surface area contributed by atoms with Gasteiger partial charge in [-0.15, -0.1) is 0 Å². The van der Waals surface area contributed by atoms with E-state index in [4.69, 9.17) is 0 Å². The number of nitrogens with zero attached hydrogens (tertiary/aromatic N) is 1. The lowest BCUT2D eigenvalue weighted by atomic mass is 9.64. The highest BCUT2D eigenvalue weighted by molar-refractivity contribution is 5.92. The number of aliphatic hydroxyl groups is 1. The maximum absolute atomic E-state index is 11.8. The van der Waals surface area contributed by atoms with Crippen molar-refractivity contribution in [3.8, 4) is 0 Å². The molecule has 2 rings (SSSR count). The van der Waals surface area contributed by atoms with Crippen molar-refractivity contribution in [3.63, 3.8) is 0 Å². The fraction of sp³-hybridized carbons (Fsp3) is 0.400. The molecule has 1 aliphatic carbocycles. The van der Waals surface area contributed by atoms with E-state index in [-0.39, 0.29) is 23.1 Å². The second-order valence-electron chi connectivity index (χ2n) is 5.82. The molecule has 1 saturated carbocycles. The maximum Gasteiger partial charge on any atom is 0.270 e. The fourth-order valence-corrected chi connectivity index (χ4v) is 2.28. The molecule has 2 N–H and O–H groups in total. The lowest BCUT2D eigenvalue weighted by Gasteiger charge is -2.49. The third-order valence-electron chi connectivity index (χ3n) is 4.04. The summed E-state index contributed by atoms with van der Waals surface area (Å²) in [5.41, 5.74) is 0.253.